The minimum Gasteiger partial charge on any atom is -0.411 e. The second-order valence-electron chi connectivity index (χ2n) is 5.75. The van der Waals surface area contributed by atoms with Crippen LogP contribution in [0.5, 0.6) is 0 Å². The van der Waals surface area contributed by atoms with Crippen molar-refractivity contribution in [3.8, 4) is 0 Å². The average molecular weight is 389 g/mol. The van der Waals surface area contributed by atoms with Gasteiger partial charge in [0.15, 0.2) is 0 Å². The number of carbonyl (C=O) groups is 1. The maximum absolute atomic E-state index is 13.7. The van der Waals surface area contributed by atoms with E-state index in [-0.39, 0.29) is 30.3 Å². The van der Waals surface area contributed by atoms with E-state index in [1.807, 2.05) is 30.3 Å². The van der Waals surface area contributed by atoms with Gasteiger partial charge in [0.2, 0.25) is 21.6 Å². The molecule has 0 atom stereocenters. The molecule has 27 heavy (non-hydrogen) atoms. The second-order valence-corrected chi connectivity index (χ2v) is 7.62. The number of amides is 1. The van der Waals surface area contributed by atoms with E-state index in [0.29, 0.717) is 0 Å². The summed E-state index contributed by atoms with van der Waals surface area (Å²) >= 11 is 0. The van der Waals surface area contributed by atoms with Crippen LogP contribution >= 0.6 is 0 Å². The average Bonchev–Trinajstić information content (AvgIpc) is 3.13. The molecular formula is C18H16FN3O4S. The Morgan fingerprint density at radius 3 is 2.48 bits per heavy atom. The molecular weight excluding hydrogens is 373 g/mol. The van der Waals surface area contributed by atoms with Crippen LogP contribution in [0.3, 0.4) is 0 Å². The molecule has 9 heteroatoms. The van der Waals surface area contributed by atoms with Gasteiger partial charge in [0.05, 0.1) is 18.7 Å². The van der Waals surface area contributed by atoms with E-state index in [0.717, 1.165) is 5.56 Å². The van der Waals surface area contributed by atoms with Crippen LogP contribution in [0.1, 0.15) is 17.0 Å². The molecule has 0 saturated heterocycles. The Morgan fingerprint density at radius 1 is 1.04 bits per heavy atom. The van der Waals surface area contributed by atoms with Crippen LogP contribution in [0.15, 0.2) is 64.2 Å². The molecule has 3 aromatic rings. The lowest BCUT2D eigenvalue weighted by Gasteiger charge is -2.03. The van der Waals surface area contributed by atoms with E-state index in [4.69, 9.17) is 4.42 Å². The van der Waals surface area contributed by atoms with Crippen LogP contribution in [0.2, 0.25) is 0 Å². The normalized spacial score (nSPS) is 11.3. The summed E-state index contributed by atoms with van der Waals surface area (Å²) in [5, 5.41) is 9.09. The molecule has 0 unspecified atom stereocenters. The quantitative estimate of drug-likeness (QED) is 0.663. The SMILES string of the molecule is O=C(Cc1ccccc1)NCc1nnc(S(=O)(=O)Cc2ccccc2F)o1. The van der Waals surface area contributed by atoms with E-state index in [9.17, 15) is 17.6 Å². The molecule has 0 aliphatic rings. The van der Waals surface area contributed by atoms with E-state index >= 15 is 0 Å². The summed E-state index contributed by atoms with van der Waals surface area (Å²) in [5.41, 5.74) is 0.849. The van der Waals surface area contributed by atoms with Gasteiger partial charge < -0.3 is 9.73 Å². The monoisotopic (exact) mass is 389 g/mol. The molecule has 0 radical (unpaired) electrons. The first-order valence-electron chi connectivity index (χ1n) is 8.03. The summed E-state index contributed by atoms with van der Waals surface area (Å²) in [6.07, 6.45) is 0.174. The molecule has 2 aromatic carbocycles. The molecule has 0 aliphatic heterocycles. The maximum Gasteiger partial charge on any atom is 0.335 e. The van der Waals surface area contributed by atoms with Crippen molar-refractivity contribution in [1.82, 2.24) is 15.5 Å². The van der Waals surface area contributed by atoms with Crippen LogP contribution in [-0.2, 0) is 33.4 Å². The molecule has 7 nitrogen and oxygen atoms in total. The number of nitrogens with one attached hydrogen (secondary N) is 1. The summed E-state index contributed by atoms with van der Waals surface area (Å²) in [7, 11) is -4.00. The summed E-state index contributed by atoms with van der Waals surface area (Å²) in [6, 6.07) is 14.7. The first-order valence-corrected chi connectivity index (χ1v) is 9.68. The summed E-state index contributed by atoms with van der Waals surface area (Å²) in [4.78, 5) is 11.9. The molecule has 0 bridgehead atoms. The Bertz CT molecular complexity index is 1040. The maximum atomic E-state index is 13.7. The lowest BCUT2D eigenvalue weighted by atomic mass is 10.1. The van der Waals surface area contributed by atoms with Gasteiger partial charge in [-0.05, 0) is 11.6 Å². The van der Waals surface area contributed by atoms with E-state index < -0.39 is 26.6 Å². The van der Waals surface area contributed by atoms with Crippen LogP contribution in [0.4, 0.5) is 4.39 Å². The number of nitrogens with zero attached hydrogens (tertiary/aromatic N) is 2. The molecule has 1 aromatic heterocycles. The Labute approximate surface area is 155 Å². The predicted octanol–water partition coefficient (Wildman–Crippen LogP) is 2.04. The third-order valence-corrected chi connectivity index (χ3v) is 5.05. The van der Waals surface area contributed by atoms with Crippen molar-refractivity contribution in [2.75, 3.05) is 0 Å². The van der Waals surface area contributed by atoms with Gasteiger partial charge in [-0.1, -0.05) is 53.6 Å². The molecule has 0 saturated carbocycles. The number of hydrogen-bond donors (Lipinski definition) is 1. The highest BCUT2D eigenvalue weighted by atomic mass is 32.2. The number of aromatic nitrogens is 2. The van der Waals surface area contributed by atoms with Crippen LogP contribution in [0.25, 0.3) is 0 Å². The highest BCUT2D eigenvalue weighted by Crippen LogP contribution is 2.17. The summed E-state index contributed by atoms with van der Waals surface area (Å²) in [6.45, 7) is -0.103. The number of rotatable bonds is 7. The zero-order valence-electron chi connectivity index (χ0n) is 14.1. The predicted molar refractivity (Wildman–Crippen MR) is 93.6 cm³/mol. The highest BCUT2D eigenvalue weighted by Gasteiger charge is 2.24. The fourth-order valence-corrected chi connectivity index (χ4v) is 3.49. The number of sulfone groups is 1. The zero-order valence-corrected chi connectivity index (χ0v) is 14.9. The van der Waals surface area contributed by atoms with Crippen molar-refractivity contribution >= 4 is 15.7 Å². The van der Waals surface area contributed by atoms with Crippen molar-refractivity contribution in [1.29, 1.82) is 0 Å². The summed E-state index contributed by atoms with van der Waals surface area (Å²) < 4.78 is 43.4. The van der Waals surface area contributed by atoms with Crippen molar-refractivity contribution in [3.63, 3.8) is 0 Å². The first kappa shape index (κ1) is 18.7. The Kier molecular flexibility index (Phi) is 5.60. The number of benzene rings is 2. The van der Waals surface area contributed by atoms with E-state index in [1.165, 1.54) is 24.3 Å². The number of hydrogen-bond acceptors (Lipinski definition) is 6. The minimum atomic E-state index is -4.00. The largest absolute Gasteiger partial charge is 0.411 e. The van der Waals surface area contributed by atoms with Gasteiger partial charge in [-0.25, -0.2) is 12.8 Å². The van der Waals surface area contributed by atoms with Gasteiger partial charge in [-0.15, -0.1) is 5.10 Å². The van der Waals surface area contributed by atoms with Gasteiger partial charge in [-0.2, -0.15) is 0 Å². The van der Waals surface area contributed by atoms with Gasteiger partial charge in [0, 0.05) is 5.56 Å². The van der Waals surface area contributed by atoms with Crippen molar-refractivity contribution < 1.29 is 22.0 Å². The molecule has 0 spiro atoms. The fourth-order valence-electron chi connectivity index (χ4n) is 2.34. The fraction of sp³-hybridized carbons (Fsp3) is 0.167. The second kappa shape index (κ2) is 8.09. The molecule has 3 rings (SSSR count). The summed E-state index contributed by atoms with van der Waals surface area (Å²) in [5.74, 6) is -1.55. The first-order chi connectivity index (χ1) is 12.9. The standard InChI is InChI=1S/C18H16FN3O4S/c19-15-9-5-4-8-14(15)12-27(24,25)18-22-21-17(26-18)11-20-16(23)10-13-6-2-1-3-7-13/h1-9H,10-12H2,(H,20,23). The van der Waals surface area contributed by atoms with Gasteiger partial charge >= 0.3 is 5.22 Å². The topological polar surface area (TPSA) is 102 Å². The van der Waals surface area contributed by atoms with Crippen LogP contribution in [-0.4, -0.2) is 24.5 Å². The van der Waals surface area contributed by atoms with Crippen LogP contribution < -0.4 is 5.32 Å². The van der Waals surface area contributed by atoms with Crippen molar-refractivity contribution in [3.05, 3.63) is 77.4 Å². The third-order valence-electron chi connectivity index (χ3n) is 3.66. The lowest BCUT2D eigenvalue weighted by Crippen LogP contribution is -2.24. The van der Waals surface area contributed by atoms with Crippen molar-refractivity contribution in [2.24, 2.45) is 0 Å². The zero-order chi connectivity index (χ0) is 19.3. The van der Waals surface area contributed by atoms with Gasteiger partial charge in [-0.3, -0.25) is 4.79 Å². The number of carbonyl (C=O) groups excluding carboxylic acids is 1. The Morgan fingerprint density at radius 2 is 1.74 bits per heavy atom. The minimum absolute atomic E-state index is 0.00779. The van der Waals surface area contributed by atoms with Gasteiger partial charge in [0.1, 0.15) is 5.82 Å². The van der Waals surface area contributed by atoms with Crippen molar-refractivity contribution in [2.45, 2.75) is 23.9 Å². The smallest absolute Gasteiger partial charge is 0.335 e. The highest BCUT2D eigenvalue weighted by molar-refractivity contribution is 7.90. The molecule has 1 amide bonds. The van der Waals surface area contributed by atoms with E-state index in [1.54, 1.807) is 0 Å². The number of halogens is 1. The lowest BCUT2D eigenvalue weighted by molar-refractivity contribution is -0.120. The van der Waals surface area contributed by atoms with E-state index in [2.05, 4.69) is 15.5 Å². The molecule has 140 valence electrons. The molecule has 0 fully saturated rings. The molecule has 1 N–H and O–H groups in total. The van der Waals surface area contributed by atoms with Gasteiger partial charge in [0.25, 0.3) is 0 Å². The third kappa shape index (κ3) is 4.98. The Balaban J connectivity index is 1.60. The molecule has 1 heterocycles. The Hall–Kier alpha value is -3.07. The van der Waals surface area contributed by atoms with Crippen LogP contribution in [0, 0.1) is 5.82 Å². The molecule has 0 aliphatic carbocycles.